The molecule has 92 valence electrons. The zero-order valence-electron chi connectivity index (χ0n) is 8.82. The monoisotopic (exact) mass is 320 g/mol. The molecular weight excluding hydrogens is 311 g/mol. The molecule has 1 aliphatic heterocycles. The summed E-state index contributed by atoms with van der Waals surface area (Å²) in [6.07, 6.45) is 0.352. The summed E-state index contributed by atoms with van der Waals surface area (Å²) in [6.45, 7) is 0. The molecule has 6 heteroatoms. The van der Waals surface area contributed by atoms with Gasteiger partial charge in [-0.3, -0.25) is 4.79 Å². The van der Waals surface area contributed by atoms with E-state index < -0.39 is 21.6 Å². The van der Waals surface area contributed by atoms with E-state index in [1.54, 1.807) is 0 Å². The zero-order valence-corrected chi connectivity index (χ0v) is 11.2. The third kappa shape index (κ3) is 2.74. The number of ketones is 1. The molecule has 0 aromatic heterocycles. The van der Waals surface area contributed by atoms with Gasteiger partial charge < -0.3 is 0 Å². The van der Waals surface area contributed by atoms with Gasteiger partial charge in [0.15, 0.2) is 15.6 Å². The van der Waals surface area contributed by atoms with Crippen molar-refractivity contribution in [3.05, 3.63) is 34.1 Å². The fourth-order valence-electron chi connectivity index (χ4n) is 1.91. The fourth-order valence-corrected chi connectivity index (χ4v) is 4.20. The maximum absolute atomic E-state index is 12.9. The first-order valence-electron chi connectivity index (χ1n) is 5.09. The van der Waals surface area contributed by atoms with Gasteiger partial charge in [-0.15, -0.1) is 0 Å². The number of hydrogen-bond donors (Lipinski definition) is 0. The van der Waals surface area contributed by atoms with E-state index in [-0.39, 0.29) is 17.3 Å². The van der Waals surface area contributed by atoms with Crippen LogP contribution in [-0.4, -0.2) is 25.7 Å². The van der Waals surface area contributed by atoms with E-state index in [1.807, 2.05) is 0 Å². The number of hydrogen-bond acceptors (Lipinski definition) is 3. The average molecular weight is 321 g/mol. The van der Waals surface area contributed by atoms with Crippen LogP contribution in [0, 0.1) is 11.7 Å². The Kier molecular flexibility index (Phi) is 3.36. The molecule has 1 aliphatic rings. The number of sulfone groups is 1. The van der Waals surface area contributed by atoms with E-state index in [2.05, 4.69) is 15.9 Å². The van der Waals surface area contributed by atoms with Crippen LogP contribution < -0.4 is 0 Å². The van der Waals surface area contributed by atoms with Crippen molar-refractivity contribution in [1.82, 2.24) is 0 Å². The summed E-state index contributed by atoms with van der Waals surface area (Å²) in [4.78, 5) is 12.0. The van der Waals surface area contributed by atoms with Crippen molar-refractivity contribution in [1.29, 1.82) is 0 Å². The van der Waals surface area contributed by atoms with Crippen molar-refractivity contribution in [3.63, 3.8) is 0 Å². The Labute approximate surface area is 107 Å². The number of benzene rings is 1. The molecule has 17 heavy (non-hydrogen) atoms. The van der Waals surface area contributed by atoms with E-state index in [1.165, 1.54) is 18.2 Å². The van der Waals surface area contributed by atoms with Crippen molar-refractivity contribution in [2.45, 2.75) is 6.42 Å². The van der Waals surface area contributed by atoms with Gasteiger partial charge in [0.05, 0.1) is 11.5 Å². The highest BCUT2D eigenvalue weighted by atomic mass is 79.9. The highest BCUT2D eigenvalue weighted by Crippen LogP contribution is 2.26. The first-order valence-corrected chi connectivity index (χ1v) is 7.70. The summed E-state index contributed by atoms with van der Waals surface area (Å²) in [5.41, 5.74) is 0.341. The summed E-state index contributed by atoms with van der Waals surface area (Å²) < 4.78 is 35.8. The Balaban J connectivity index is 2.27. The number of halogens is 2. The topological polar surface area (TPSA) is 51.2 Å². The van der Waals surface area contributed by atoms with E-state index in [9.17, 15) is 17.6 Å². The van der Waals surface area contributed by atoms with Gasteiger partial charge in [-0.05, 0) is 40.5 Å². The first-order chi connectivity index (χ1) is 7.89. The predicted molar refractivity (Wildman–Crippen MR) is 65.2 cm³/mol. The zero-order chi connectivity index (χ0) is 12.6. The van der Waals surface area contributed by atoms with Crippen LogP contribution in [0.25, 0.3) is 0 Å². The van der Waals surface area contributed by atoms with Gasteiger partial charge in [-0.25, -0.2) is 12.8 Å². The minimum absolute atomic E-state index is 0.0578. The highest BCUT2D eigenvalue weighted by molar-refractivity contribution is 9.10. The molecule has 0 spiro atoms. The van der Waals surface area contributed by atoms with Crippen LogP contribution in [-0.2, 0) is 9.84 Å². The van der Waals surface area contributed by atoms with Crippen molar-refractivity contribution in [3.8, 4) is 0 Å². The van der Waals surface area contributed by atoms with Crippen LogP contribution in [0.3, 0.4) is 0 Å². The van der Waals surface area contributed by atoms with Gasteiger partial charge in [-0.2, -0.15) is 0 Å². The van der Waals surface area contributed by atoms with Gasteiger partial charge >= 0.3 is 0 Å². The molecule has 0 saturated carbocycles. The summed E-state index contributed by atoms with van der Waals surface area (Å²) in [5, 5.41) is 0. The number of carbonyl (C=O) groups excluding carboxylic acids is 1. The predicted octanol–water partition coefficient (Wildman–Crippen LogP) is 2.21. The average Bonchev–Trinajstić information content (AvgIpc) is 2.58. The summed E-state index contributed by atoms with van der Waals surface area (Å²) in [5.74, 6) is -1.22. The Hall–Kier alpha value is -0.750. The third-order valence-electron chi connectivity index (χ3n) is 2.80. The standard InChI is InChI=1S/C11H10BrFO3S/c12-10-5-8(13)1-2-9(10)11(14)7-3-4-17(15,16)6-7/h1-2,5,7H,3-4,6H2. The molecular formula is C11H10BrFO3S. The van der Waals surface area contributed by atoms with E-state index in [0.717, 1.165) is 0 Å². The lowest BCUT2D eigenvalue weighted by Crippen LogP contribution is -2.16. The third-order valence-corrected chi connectivity index (χ3v) is 5.22. The van der Waals surface area contributed by atoms with Crippen LogP contribution >= 0.6 is 15.9 Å². The SMILES string of the molecule is O=C(c1ccc(F)cc1Br)C1CCS(=O)(=O)C1. The maximum atomic E-state index is 12.9. The largest absolute Gasteiger partial charge is 0.294 e. The van der Waals surface area contributed by atoms with Gasteiger partial charge in [0, 0.05) is 16.0 Å². The molecule has 0 bridgehead atoms. The molecule has 0 N–H and O–H groups in total. The smallest absolute Gasteiger partial charge is 0.168 e. The molecule has 0 amide bonds. The molecule has 1 aromatic rings. The lowest BCUT2D eigenvalue weighted by Gasteiger charge is -2.08. The normalized spacial score (nSPS) is 22.6. The minimum Gasteiger partial charge on any atom is -0.294 e. The van der Waals surface area contributed by atoms with Crippen molar-refractivity contribution in [2.24, 2.45) is 5.92 Å². The fraction of sp³-hybridized carbons (Fsp3) is 0.364. The van der Waals surface area contributed by atoms with Crippen molar-refractivity contribution >= 4 is 31.6 Å². The number of carbonyl (C=O) groups is 1. The Bertz CT molecular complexity index is 568. The van der Waals surface area contributed by atoms with Gasteiger partial charge in [0.2, 0.25) is 0 Å². The molecule has 1 heterocycles. The molecule has 1 aromatic carbocycles. The van der Waals surface area contributed by atoms with Crippen LogP contribution in [0.2, 0.25) is 0 Å². The maximum Gasteiger partial charge on any atom is 0.168 e. The lowest BCUT2D eigenvalue weighted by molar-refractivity contribution is 0.0932. The van der Waals surface area contributed by atoms with Crippen molar-refractivity contribution in [2.75, 3.05) is 11.5 Å². The highest BCUT2D eigenvalue weighted by Gasteiger charge is 2.33. The van der Waals surface area contributed by atoms with Crippen LogP contribution in [0.15, 0.2) is 22.7 Å². The summed E-state index contributed by atoms with van der Waals surface area (Å²) in [6, 6.07) is 3.78. The van der Waals surface area contributed by atoms with Crippen molar-refractivity contribution < 1.29 is 17.6 Å². The molecule has 0 aliphatic carbocycles. The van der Waals surface area contributed by atoms with E-state index in [0.29, 0.717) is 16.5 Å². The minimum atomic E-state index is -3.08. The second-order valence-corrected chi connectivity index (χ2v) is 7.17. The number of rotatable bonds is 2. The Morgan fingerprint density at radius 1 is 1.41 bits per heavy atom. The molecule has 3 nitrogen and oxygen atoms in total. The molecule has 1 saturated heterocycles. The molecule has 0 radical (unpaired) electrons. The van der Waals surface area contributed by atoms with Crippen LogP contribution in [0.4, 0.5) is 4.39 Å². The van der Waals surface area contributed by atoms with E-state index in [4.69, 9.17) is 0 Å². The van der Waals surface area contributed by atoms with Gasteiger partial charge in [0.1, 0.15) is 5.82 Å². The quantitative estimate of drug-likeness (QED) is 0.785. The molecule has 2 rings (SSSR count). The summed E-state index contributed by atoms with van der Waals surface area (Å²) in [7, 11) is -3.08. The molecule has 1 fully saturated rings. The summed E-state index contributed by atoms with van der Waals surface area (Å²) >= 11 is 3.11. The Morgan fingerprint density at radius 2 is 2.12 bits per heavy atom. The van der Waals surface area contributed by atoms with Gasteiger partial charge in [-0.1, -0.05) is 0 Å². The second kappa shape index (κ2) is 4.49. The van der Waals surface area contributed by atoms with Crippen LogP contribution in [0.1, 0.15) is 16.8 Å². The molecule has 1 unspecified atom stereocenters. The van der Waals surface area contributed by atoms with E-state index >= 15 is 0 Å². The second-order valence-electron chi connectivity index (χ2n) is 4.09. The molecule has 1 atom stereocenters. The van der Waals surface area contributed by atoms with Gasteiger partial charge in [0.25, 0.3) is 0 Å². The number of Topliss-reactive ketones (excluding diaryl/α,β-unsaturated/α-hetero) is 1. The lowest BCUT2D eigenvalue weighted by atomic mass is 9.97. The van der Waals surface area contributed by atoms with Crippen LogP contribution in [0.5, 0.6) is 0 Å². The first kappa shape index (κ1) is 12.7. The Morgan fingerprint density at radius 3 is 2.65 bits per heavy atom.